The lowest BCUT2D eigenvalue weighted by molar-refractivity contribution is -0.145. The minimum Gasteiger partial charge on any atom is -0.481 e. The summed E-state index contributed by atoms with van der Waals surface area (Å²) in [4.78, 5) is 14.4. The van der Waals surface area contributed by atoms with Gasteiger partial charge in [-0.2, -0.15) is 0 Å². The monoisotopic (exact) mass is 287 g/mol. The van der Waals surface area contributed by atoms with Gasteiger partial charge in [-0.15, -0.1) is 0 Å². The van der Waals surface area contributed by atoms with E-state index in [1.54, 1.807) is 0 Å². The van der Waals surface area contributed by atoms with Gasteiger partial charge in [0.2, 0.25) is 0 Å². The Labute approximate surface area is 127 Å². The van der Waals surface area contributed by atoms with Crippen molar-refractivity contribution in [2.45, 2.75) is 49.9 Å². The third-order valence-electron chi connectivity index (χ3n) is 5.42. The highest BCUT2D eigenvalue weighted by molar-refractivity contribution is 5.82. The van der Waals surface area contributed by atoms with Gasteiger partial charge in [0.25, 0.3) is 0 Å². The van der Waals surface area contributed by atoms with Crippen LogP contribution >= 0.6 is 0 Å². The second-order valence-electron chi connectivity index (χ2n) is 6.78. The molecule has 1 heterocycles. The third-order valence-corrected chi connectivity index (χ3v) is 5.42. The zero-order valence-corrected chi connectivity index (χ0v) is 12.8. The summed E-state index contributed by atoms with van der Waals surface area (Å²) in [6.07, 6.45) is 5.97. The van der Waals surface area contributed by atoms with Crippen molar-refractivity contribution in [1.82, 2.24) is 4.90 Å². The summed E-state index contributed by atoms with van der Waals surface area (Å²) in [5.74, 6) is -0.134. The number of likely N-dealkylation sites (tertiary alicyclic amines) is 1. The molecule has 21 heavy (non-hydrogen) atoms. The number of aliphatic carboxylic acids is 1. The predicted octanol–water partition coefficient (Wildman–Crippen LogP) is 3.39. The van der Waals surface area contributed by atoms with Crippen molar-refractivity contribution in [1.29, 1.82) is 0 Å². The van der Waals surface area contributed by atoms with E-state index in [1.165, 1.54) is 12.0 Å². The lowest BCUT2D eigenvalue weighted by Crippen LogP contribution is -2.39. The van der Waals surface area contributed by atoms with Crippen LogP contribution in [0.1, 0.15) is 55.6 Å². The number of hydrogen-bond donors (Lipinski definition) is 1. The molecule has 1 aliphatic heterocycles. The fourth-order valence-corrected chi connectivity index (χ4v) is 4.23. The first-order valence-electron chi connectivity index (χ1n) is 8.15. The van der Waals surface area contributed by atoms with Crippen LogP contribution < -0.4 is 0 Å². The molecule has 1 saturated carbocycles. The molecule has 114 valence electrons. The molecule has 1 saturated heterocycles. The topological polar surface area (TPSA) is 40.5 Å². The molecule has 0 spiro atoms. The Hall–Kier alpha value is -1.35. The van der Waals surface area contributed by atoms with Crippen LogP contribution in [-0.4, -0.2) is 36.1 Å². The maximum atomic E-state index is 12.1. The van der Waals surface area contributed by atoms with Crippen LogP contribution in [0.15, 0.2) is 24.3 Å². The Morgan fingerprint density at radius 2 is 1.95 bits per heavy atom. The first kappa shape index (κ1) is 14.6. The second kappa shape index (κ2) is 5.80. The van der Waals surface area contributed by atoms with Crippen LogP contribution in [0.4, 0.5) is 0 Å². The van der Waals surface area contributed by atoms with E-state index in [-0.39, 0.29) is 0 Å². The van der Waals surface area contributed by atoms with E-state index in [4.69, 9.17) is 0 Å². The van der Waals surface area contributed by atoms with Gasteiger partial charge >= 0.3 is 5.97 Å². The Bertz CT molecular complexity index is 520. The molecule has 1 N–H and O–H groups in total. The largest absolute Gasteiger partial charge is 0.481 e. The zero-order valence-electron chi connectivity index (χ0n) is 12.8. The molecular weight excluding hydrogens is 262 g/mol. The number of nitrogens with zero attached hydrogens (tertiary/aromatic N) is 1. The molecule has 3 heteroatoms. The van der Waals surface area contributed by atoms with E-state index < -0.39 is 11.4 Å². The first-order chi connectivity index (χ1) is 10.1. The van der Waals surface area contributed by atoms with Crippen LogP contribution in [0.2, 0.25) is 0 Å². The lowest BCUT2D eigenvalue weighted by Gasteiger charge is -2.36. The van der Waals surface area contributed by atoms with Crippen molar-refractivity contribution in [3.05, 3.63) is 35.4 Å². The van der Waals surface area contributed by atoms with Crippen LogP contribution in [0.25, 0.3) is 0 Å². The fourth-order valence-electron chi connectivity index (χ4n) is 4.23. The number of rotatable bonds is 3. The van der Waals surface area contributed by atoms with E-state index in [1.807, 2.05) is 6.07 Å². The molecule has 1 aliphatic carbocycles. The Morgan fingerprint density at radius 1 is 1.24 bits per heavy atom. The number of hydrogen-bond acceptors (Lipinski definition) is 2. The van der Waals surface area contributed by atoms with Gasteiger partial charge in [-0.05, 0) is 49.9 Å². The molecule has 1 aromatic carbocycles. The summed E-state index contributed by atoms with van der Waals surface area (Å²) in [6.45, 7) is 2.16. The molecule has 2 fully saturated rings. The molecule has 0 radical (unpaired) electrons. The SMILES string of the molecule is CN1CCC(c2ccccc2C2(C(=O)O)CCCCC2)C1. The van der Waals surface area contributed by atoms with Crippen molar-refractivity contribution in [3.63, 3.8) is 0 Å². The van der Waals surface area contributed by atoms with Crippen molar-refractivity contribution >= 4 is 5.97 Å². The standard InChI is InChI=1S/C18H25NO2/c1-19-12-9-14(13-19)15-7-3-4-8-16(15)18(17(20)21)10-5-2-6-11-18/h3-4,7-8,14H,2,5-6,9-13H2,1H3,(H,20,21). The Balaban J connectivity index is 2.02. The lowest BCUT2D eigenvalue weighted by atomic mass is 9.67. The highest BCUT2D eigenvalue weighted by atomic mass is 16.4. The molecule has 1 atom stereocenters. The summed E-state index contributed by atoms with van der Waals surface area (Å²) in [6, 6.07) is 8.32. The molecule has 1 unspecified atom stereocenters. The number of carboxylic acid groups (broad SMARTS) is 1. The van der Waals surface area contributed by atoms with Crippen LogP contribution in [-0.2, 0) is 10.2 Å². The van der Waals surface area contributed by atoms with E-state index >= 15 is 0 Å². The number of carboxylic acids is 1. The average molecular weight is 287 g/mol. The minimum atomic E-state index is -0.643. The van der Waals surface area contributed by atoms with Crippen LogP contribution in [0.3, 0.4) is 0 Å². The maximum Gasteiger partial charge on any atom is 0.314 e. The highest BCUT2D eigenvalue weighted by Crippen LogP contribution is 2.43. The normalized spacial score (nSPS) is 25.9. The van der Waals surface area contributed by atoms with Gasteiger partial charge in [0, 0.05) is 6.54 Å². The van der Waals surface area contributed by atoms with Gasteiger partial charge in [0.15, 0.2) is 0 Å². The van der Waals surface area contributed by atoms with E-state index in [0.29, 0.717) is 5.92 Å². The molecule has 0 aromatic heterocycles. The van der Waals surface area contributed by atoms with E-state index in [9.17, 15) is 9.90 Å². The first-order valence-corrected chi connectivity index (χ1v) is 8.15. The highest BCUT2D eigenvalue weighted by Gasteiger charge is 2.43. The van der Waals surface area contributed by atoms with E-state index in [2.05, 4.69) is 30.1 Å². The fraction of sp³-hybridized carbons (Fsp3) is 0.611. The van der Waals surface area contributed by atoms with Gasteiger partial charge in [-0.25, -0.2) is 0 Å². The predicted molar refractivity (Wildman–Crippen MR) is 83.7 cm³/mol. The molecule has 2 aliphatic rings. The van der Waals surface area contributed by atoms with Crippen LogP contribution in [0, 0.1) is 0 Å². The third kappa shape index (κ3) is 2.59. The smallest absolute Gasteiger partial charge is 0.314 e. The summed E-state index contributed by atoms with van der Waals surface area (Å²) in [5, 5.41) is 9.95. The average Bonchev–Trinajstić information content (AvgIpc) is 2.94. The molecular formula is C18H25NO2. The number of benzene rings is 1. The van der Waals surface area contributed by atoms with Gasteiger partial charge in [-0.1, -0.05) is 43.5 Å². The van der Waals surface area contributed by atoms with Crippen molar-refractivity contribution in [2.75, 3.05) is 20.1 Å². The summed E-state index contributed by atoms with van der Waals surface area (Å²) in [5.41, 5.74) is 1.74. The maximum absolute atomic E-state index is 12.1. The molecule has 3 nitrogen and oxygen atoms in total. The molecule has 0 bridgehead atoms. The Morgan fingerprint density at radius 3 is 2.57 bits per heavy atom. The van der Waals surface area contributed by atoms with Crippen LogP contribution in [0.5, 0.6) is 0 Å². The van der Waals surface area contributed by atoms with Gasteiger partial charge in [0.05, 0.1) is 5.41 Å². The molecule has 0 amide bonds. The Kier molecular flexibility index (Phi) is 4.03. The van der Waals surface area contributed by atoms with Crippen molar-refractivity contribution in [2.24, 2.45) is 0 Å². The van der Waals surface area contributed by atoms with Crippen molar-refractivity contribution in [3.8, 4) is 0 Å². The molecule has 1 aromatic rings. The minimum absolute atomic E-state index is 0.490. The quantitative estimate of drug-likeness (QED) is 0.926. The van der Waals surface area contributed by atoms with Crippen molar-refractivity contribution < 1.29 is 9.90 Å². The second-order valence-corrected chi connectivity index (χ2v) is 6.78. The molecule has 3 rings (SSSR count). The number of likely N-dealkylation sites (N-methyl/N-ethyl adjacent to an activating group) is 1. The van der Waals surface area contributed by atoms with E-state index in [0.717, 1.165) is 50.8 Å². The summed E-state index contributed by atoms with van der Waals surface area (Å²) < 4.78 is 0. The van der Waals surface area contributed by atoms with Gasteiger partial charge in [-0.3, -0.25) is 4.79 Å². The zero-order chi connectivity index (χ0) is 14.9. The number of carbonyl (C=O) groups is 1. The summed E-state index contributed by atoms with van der Waals surface area (Å²) in [7, 11) is 2.15. The van der Waals surface area contributed by atoms with Gasteiger partial charge < -0.3 is 10.0 Å². The van der Waals surface area contributed by atoms with Gasteiger partial charge in [0.1, 0.15) is 0 Å². The summed E-state index contributed by atoms with van der Waals surface area (Å²) >= 11 is 0.